The van der Waals surface area contributed by atoms with Gasteiger partial charge in [0, 0.05) is 11.9 Å². The Kier molecular flexibility index (Phi) is 9.20. The normalized spacial score (nSPS) is 14.3. The van der Waals surface area contributed by atoms with Crippen LogP contribution >= 0.6 is 11.3 Å². The maximum absolute atomic E-state index is 12.7. The molecule has 34 heavy (non-hydrogen) atoms. The zero-order chi connectivity index (χ0) is 25.5. The molecule has 2 aromatic rings. The van der Waals surface area contributed by atoms with Gasteiger partial charge >= 0.3 is 12.1 Å². The second-order valence-corrected chi connectivity index (χ2v) is 10.5. The van der Waals surface area contributed by atoms with Gasteiger partial charge in [0.2, 0.25) is 0 Å². The van der Waals surface area contributed by atoms with Crippen LogP contribution in [0.2, 0.25) is 0 Å². The summed E-state index contributed by atoms with van der Waals surface area (Å²) in [5.74, 6) is -1.27. The molecule has 2 rings (SSSR count). The lowest BCUT2D eigenvalue weighted by atomic mass is 9.85. The Bertz CT molecular complexity index is 967. The van der Waals surface area contributed by atoms with Crippen molar-refractivity contribution in [3.63, 3.8) is 0 Å². The molecular weight excluding hydrogens is 458 g/mol. The Morgan fingerprint density at radius 2 is 1.91 bits per heavy atom. The summed E-state index contributed by atoms with van der Waals surface area (Å²) in [6.07, 6.45) is 2.54. The van der Waals surface area contributed by atoms with Crippen LogP contribution in [0.1, 0.15) is 82.9 Å². The molecule has 0 aromatic carbocycles. The predicted octanol–water partition coefficient (Wildman–Crippen LogP) is 3.96. The Hall–Kier alpha value is -2.95. The molecule has 10 nitrogen and oxygen atoms in total. The molecule has 0 bridgehead atoms. The highest BCUT2D eigenvalue weighted by Crippen LogP contribution is 2.29. The molecule has 0 aliphatic carbocycles. The fraction of sp³-hybridized carbons (Fsp3) is 0.609. The van der Waals surface area contributed by atoms with E-state index in [1.54, 1.807) is 38.4 Å². The van der Waals surface area contributed by atoms with E-state index in [1.807, 2.05) is 26.2 Å². The number of thiophene rings is 1. The summed E-state index contributed by atoms with van der Waals surface area (Å²) in [5.41, 5.74) is -0.356. The maximum Gasteiger partial charge on any atom is 0.407 e. The minimum Gasteiger partial charge on any atom is -0.480 e. The molecule has 11 heteroatoms. The largest absolute Gasteiger partial charge is 0.480 e. The van der Waals surface area contributed by atoms with Crippen LogP contribution < -0.4 is 10.6 Å². The average Bonchev–Trinajstić information content (AvgIpc) is 3.41. The van der Waals surface area contributed by atoms with Gasteiger partial charge in [0.1, 0.15) is 11.3 Å². The van der Waals surface area contributed by atoms with E-state index < -0.39 is 29.2 Å². The third kappa shape index (κ3) is 7.54. The molecule has 0 spiro atoms. The van der Waals surface area contributed by atoms with E-state index in [-0.39, 0.29) is 11.8 Å². The second-order valence-electron chi connectivity index (χ2n) is 9.69. The van der Waals surface area contributed by atoms with Gasteiger partial charge in [-0.15, -0.1) is 5.10 Å². The van der Waals surface area contributed by atoms with Crippen molar-refractivity contribution in [2.24, 2.45) is 5.92 Å². The fourth-order valence-corrected chi connectivity index (χ4v) is 3.85. The van der Waals surface area contributed by atoms with E-state index >= 15 is 0 Å². The first-order valence-electron chi connectivity index (χ1n) is 11.3. The summed E-state index contributed by atoms with van der Waals surface area (Å²) in [6.45, 7) is 11.5. The third-order valence-electron chi connectivity index (χ3n) is 5.53. The van der Waals surface area contributed by atoms with E-state index in [0.29, 0.717) is 37.1 Å². The Morgan fingerprint density at radius 3 is 2.47 bits per heavy atom. The van der Waals surface area contributed by atoms with Crippen molar-refractivity contribution in [1.29, 1.82) is 0 Å². The second kappa shape index (κ2) is 11.5. The topological polar surface area (TPSA) is 135 Å². The number of aromatic nitrogens is 3. The molecule has 0 aliphatic heterocycles. The molecular formula is C23H35N5O5S. The fourth-order valence-electron chi connectivity index (χ4n) is 3.21. The number of rotatable bonds is 11. The summed E-state index contributed by atoms with van der Waals surface area (Å²) in [4.78, 5) is 36.3. The minimum atomic E-state index is -1.02. The van der Waals surface area contributed by atoms with Crippen LogP contribution in [-0.2, 0) is 15.1 Å². The van der Waals surface area contributed by atoms with Crippen molar-refractivity contribution in [3.05, 3.63) is 34.3 Å². The highest BCUT2D eigenvalue weighted by atomic mass is 32.1. The number of hydrogen-bond acceptors (Lipinski definition) is 7. The molecule has 0 saturated heterocycles. The van der Waals surface area contributed by atoms with Gasteiger partial charge in [-0.05, 0) is 64.3 Å². The van der Waals surface area contributed by atoms with Crippen LogP contribution in [-0.4, -0.2) is 50.2 Å². The molecule has 2 unspecified atom stereocenters. The van der Waals surface area contributed by atoms with E-state index in [2.05, 4.69) is 20.9 Å². The number of unbranched alkanes of at least 4 members (excludes halogenated alkanes) is 1. The lowest BCUT2D eigenvalue weighted by Crippen LogP contribution is -2.47. The van der Waals surface area contributed by atoms with Crippen molar-refractivity contribution < 1.29 is 24.2 Å². The average molecular weight is 494 g/mol. The maximum atomic E-state index is 12.7. The summed E-state index contributed by atoms with van der Waals surface area (Å²) >= 11 is 1.44. The number of ether oxygens (including phenoxy) is 1. The quantitative estimate of drug-likeness (QED) is 0.403. The summed E-state index contributed by atoms with van der Waals surface area (Å²) in [7, 11) is 0. The van der Waals surface area contributed by atoms with Crippen LogP contribution in [0.5, 0.6) is 0 Å². The zero-order valence-electron chi connectivity index (χ0n) is 20.6. The number of carbonyl (C=O) groups is 3. The Balaban J connectivity index is 2.01. The highest BCUT2D eigenvalue weighted by Gasteiger charge is 2.36. The van der Waals surface area contributed by atoms with Crippen molar-refractivity contribution in [2.45, 2.75) is 78.0 Å². The van der Waals surface area contributed by atoms with Gasteiger partial charge in [0.25, 0.3) is 5.91 Å². The number of nitrogens with one attached hydrogen (secondary N) is 2. The van der Waals surface area contributed by atoms with Crippen LogP contribution in [0.25, 0.3) is 0 Å². The number of alkyl carbamates (subject to hydrolysis) is 1. The van der Waals surface area contributed by atoms with Gasteiger partial charge in [0.15, 0.2) is 6.04 Å². The van der Waals surface area contributed by atoms with Crippen molar-refractivity contribution in [2.75, 3.05) is 6.54 Å². The van der Waals surface area contributed by atoms with E-state index in [0.717, 1.165) is 0 Å². The van der Waals surface area contributed by atoms with Gasteiger partial charge in [0.05, 0.1) is 17.3 Å². The predicted molar refractivity (Wildman–Crippen MR) is 129 cm³/mol. The molecule has 0 saturated carbocycles. The van der Waals surface area contributed by atoms with Crippen molar-refractivity contribution in [1.82, 2.24) is 25.6 Å². The minimum absolute atomic E-state index is 0.0255. The number of carboxylic acid groups (broad SMARTS) is 1. The number of carbonyl (C=O) groups excluding carboxylic acids is 2. The highest BCUT2D eigenvalue weighted by molar-refractivity contribution is 7.08. The first-order valence-corrected chi connectivity index (χ1v) is 12.2. The van der Waals surface area contributed by atoms with E-state index in [1.165, 1.54) is 16.0 Å². The number of hydrogen-bond donors (Lipinski definition) is 3. The van der Waals surface area contributed by atoms with E-state index in [9.17, 15) is 19.5 Å². The molecule has 0 aliphatic rings. The number of aliphatic carboxylic acids is 1. The van der Waals surface area contributed by atoms with Crippen LogP contribution in [0.4, 0.5) is 4.79 Å². The number of amides is 2. The molecule has 0 fully saturated rings. The molecule has 2 aromatic heterocycles. The van der Waals surface area contributed by atoms with Crippen molar-refractivity contribution in [3.8, 4) is 0 Å². The number of carboxylic acids is 1. The third-order valence-corrected chi connectivity index (χ3v) is 6.21. The standard InChI is InChI=1S/C23H35N5O5S/c1-15(2)23(6,25-19(29)16-10-12-34-14-16)18-13-28(27-26-18)17(20(30)31)9-7-8-11-24-21(32)33-22(3,4)5/h10,12-15,17H,7-9,11H2,1-6H3,(H,24,32)(H,25,29)(H,30,31). The van der Waals surface area contributed by atoms with E-state index in [4.69, 9.17) is 4.74 Å². The molecule has 2 heterocycles. The lowest BCUT2D eigenvalue weighted by Gasteiger charge is -2.32. The van der Waals surface area contributed by atoms with Crippen molar-refractivity contribution >= 4 is 29.3 Å². The molecule has 188 valence electrons. The Morgan fingerprint density at radius 1 is 1.21 bits per heavy atom. The monoisotopic (exact) mass is 493 g/mol. The molecule has 0 radical (unpaired) electrons. The first-order chi connectivity index (χ1) is 15.8. The van der Waals surface area contributed by atoms with Gasteiger partial charge in [-0.1, -0.05) is 19.1 Å². The summed E-state index contributed by atoms with van der Waals surface area (Å²) in [5, 5.41) is 27.3. The van der Waals surface area contributed by atoms with Gasteiger partial charge < -0.3 is 20.5 Å². The van der Waals surface area contributed by atoms with Crippen LogP contribution in [0.15, 0.2) is 23.0 Å². The molecule has 3 N–H and O–H groups in total. The summed E-state index contributed by atoms with van der Waals surface area (Å²) in [6, 6.07) is 0.835. The molecule has 2 amide bonds. The van der Waals surface area contributed by atoms with Gasteiger partial charge in [-0.3, -0.25) is 4.79 Å². The Labute approximate surface area is 204 Å². The smallest absolute Gasteiger partial charge is 0.407 e. The summed E-state index contributed by atoms with van der Waals surface area (Å²) < 4.78 is 6.51. The zero-order valence-corrected chi connectivity index (χ0v) is 21.4. The van der Waals surface area contributed by atoms with Crippen LogP contribution in [0, 0.1) is 5.92 Å². The number of nitrogens with zero attached hydrogens (tertiary/aromatic N) is 3. The molecule has 2 atom stereocenters. The van der Waals surface area contributed by atoms with Crippen LogP contribution in [0.3, 0.4) is 0 Å². The van der Waals surface area contributed by atoms with Gasteiger partial charge in [-0.25, -0.2) is 14.3 Å². The lowest BCUT2D eigenvalue weighted by molar-refractivity contribution is -0.141. The van der Waals surface area contributed by atoms with Gasteiger partial charge in [-0.2, -0.15) is 11.3 Å². The SMILES string of the molecule is CC(C)C(C)(NC(=O)c1ccsc1)c1cn(C(CCCCNC(=O)OC(C)(C)C)C(=O)O)nn1. The first kappa shape index (κ1) is 27.3.